The van der Waals surface area contributed by atoms with Gasteiger partial charge in [-0.15, -0.1) is 12.6 Å². The molecule has 2 aromatic rings. The number of hydrogen-bond acceptors (Lipinski definition) is 4. The molecule has 0 atom stereocenters. The Bertz CT molecular complexity index is 649. The Morgan fingerprint density at radius 2 is 2.00 bits per heavy atom. The van der Waals surface area contributed by atoms with Crippen molar-refractivity contribution in [3.05, 3.63) is 53.8 Å². The fourth-order valence-corrected chi connectivity index (χ4v) is 2.02. The van der Waals surface area contributed by atoms with E-state index >= 15 is 0 Å². The third kappa shape index (κ3) is 4.39. The zero-order chi connectivity index (χ0) is 15.9. The monoisotopic (exact) mass is 321 g/mol. The molecule has 2 rings (SSSR count). The van der Waals surface area contributed by atoms with Gasteiger partial charge in [-0.1, -0.05) is 30.3 Å². The Morgan fingerprint density at radius 1 is 1.27 bits per heavy atom. The van der Waals surface area contributed by atoms with Gasteiger partial charge in [0.15, 0.2) is 11.6 Å². The molecule has 0 saturated carbocycles. The molecule has 0 aliphatic heterocycles. The van der Waals surface area contributed by atoms with Crippen molar-refractivity contribution in [1.29, 1.82) is 0 Å². The minimum absolute atomic E-state index is 0.0932. The average Bonchev–Trinajstić information content (AvgIpc) is 2.51. The number of ether oxygens (including phenoxy) is 2. The number of amides is 1. The maximum Gasteiger partial charge on any atom is 0.411 e. The van der Waals surface area contributed by atoms with E-state index < -0.39 is 11.9 Å². The number of carbonyl (C=O) groups excluding carboxylic acids is 1. The molecule has 116 valence electrons. The van der Waals surface area contributed by atoms with E-state index in [0.717, 1.165) is 11.6 Å². The molecule has 0 aromatic heterocycles. The van der Waals surface area contributed by atoms with Crippen LogP contribution in [-0.2, 0) is 11.3 Å². The first kappa shape index (κ1) is 16.2. The van der Waals surface area contributed by atoms with E-state index in [1.54, 1.807) is 6.92 Å². The van der Waals surface area contributed by atoms with Crippen LogP contribution in [0.4, 0.5) is 14.9 Å². The summed E-state index contributed by atoms with van der Waals surface area (Å²) in [6.07, 6.45) is -0.678. The third-order valence-corrected chi connectivity index (χ3v) is 3.17. The molecular weight excluding hydrogens is 305 g/mol. The predicted molar refractivity (Wildman–Crippen MR) is 85.1 cm³/mol. The fourth-order valence-electron chi connectivity index (χ4n) is 1.78. The van der Waals surface area contributed by atoms with E-state index in [2.05, 4.69) is 17.9 Å². The second-order valence-electron chi connectivity index (χ2n) is 4.42. The summed E-state index contributed by atoms with van der Waals surface area (Å²) in [6.45, 7) is 2.23. The molecule has 1 amide bonds. The van der Waals surface area contributed by atoms with E-state index in [0.29, 0.717) is 11.5 Å². The van der Waals surface area contributed by atoms with Crippen LogP contribution >= 0.6 is 12.6 Å². The zero-order valence-electron chi connectivity index (χ0n) is 12.0. The minimum atomic E-state index is -0.678. The van der Waals surface area contributed by atoms with Crippen molar-refractivity contribution in [2.45, 2.75) is 18.4 Å². The highest BCUT2D eigenvalue weighted by Gasteiger charge is 2.12. The van der Waals surface area contributed by atoms with Crippen molar-refractivity contribution in [2.24, 2.45) is 0 Å². The predicted octanol–water partition coefficient (Wildman–Crippen LogP) is 4.26. The minimum Gasteiger partial charge on any atom is -0.491 e. The lowest BCUT2D eigenvalue weighted by atomic mass is 10.2. The van der Waals surface area contributed by atoms with Crippen molar-refractivity contribution in [3.63, 3.8) is 0 Å². The van der Waals surface area contributed by atoms with Gasteiger partial charge in [-0.2, -0.15) is 0 Å². The molecule has 2 aromatic carbocycles. The molecule has 0 aliphatic carbocycles. The largest absolute Gasteiger partial charge is 0.491 e. The van der Waals surface area contributed by atoms with Gasteiger partial charge in [0.05, 0.1) is 12.3 Å². The van der Waals surface area contributed by atoms with Crippen LogP contribution in [0.1, 0.15) is 12.5 Å². The molecule has 0 bridgehead atoms. The Labute approximate surface area is 133 Å². The second-order valence-corrected chi connectivity index (χ2v) is 4.90. The molecule has 0 saturated heterocycles. The Morgan fingerprint density at radius 3 is 2.68 bits per heavy atom. The first-order valence-electron chi connectivity index (χ1n) is 6.73. The van der Waals surface area contributed by atoms with Gasteiger partial charge >= 0.3 is 6.09 Å². The van der Waals surface area contributed by atoms with E-state index in [1.807, 2.05) is 30.3 Å². The van der Waals surface area contributed by atoms with Crippen molar-refractivity contribution < 1.29 is 18.7 Å². The zero-order valence-corrected chi connectivity index (χ0v) is 12.9. The van der Waals surface area contributed by atoms with Crippen LogP contribution in [0.15, 0.2) is 47.4 Å². The van der Waals surface area contributed by atoms with Crippen molar-refractivity contribution in [3.8, 4) is 5.75 Å². The third-order valence-electron chi connectivity index (χ3n) is 2.80. The summed E-state index contributed by atoms with van der Waals surface area (Å²) in [7, 11) is 0. The number of rotatable bonds is 5. The molecule has 1 N–H and O–H groups in total. The van der Waals surface area contributed by atoms with Gasteiger partial charge < -0.3 is 9.47 Å². The van der Waals surface area contributed by atoms with Gasteiger partial charge in [-0.3, -0.25) is 5.32 Å². The summed E-state index contributed by atoms with van der Waals surface area (Å²) in [4.78, 5) is 12.1. The fraction of sp³-hybridized carbons (Fsp3) is 0.188. The summed E-state index contributed by atoms with van der Waals surface area (Å²) >= 11 is 4.20. The summed E-state index contributed by atoms with van der Waals surface area (Å²) < 4.78 is 23.9. The molecule has 6 heteroatoms. The molecule has 0 unspecified atom stereocenters. The maximum atomic E-state index is 13.8. The maximum absolute atomic E-state index is 13.8. The van der Waals surface area contributed by atoms with Crippen molar-refractivity contribution >= 4 is 24.4 Å². The van der Waals surface area contributed by atoms with Gasteiger partial charge in [0.1, 0.15) is 6.61 Å². The van der Waals surface area contributed by atoms with Crippen LogP contribution in [0, 0.1) is 5.82 Å². The lowest BCUT2D eigenvalue weighted by Gasteiger charge is -2.11. The molecule has 0 heterocycles. The van der Waals surface area contributed by atoms with E-state index in [-0.39, 0.29) is 18.0 Å². The van der Waals surface area contributed by atoms with Crippen LogP contribution in [0.3, 0.4) is 0 Å². The summed E-state index contributed by atoms with van der Waals surface area (Å²) in [6, 6.07) is 11.8. The summed E-state index contributed by atoms with van der Waals surface area (Å²) in [5, 5.41) is 2.46. The van der Waals surface area contributed by atoms with Crippen LogP contribution in [0.5, 0.6) is 5.75 Å². The smallest absolute Gasteiger partial charge is 0.411 e. The first-order chi connectivity index (χ1) is 10.6. The van der Waals surface area contributed by atoms with E-state index in [9.17, 15) is 9.18 Å². The molecule has 0 spiro atoms. The number of thiol groups is 1. The molecular formula is C16H16FNO3S. The van der Waals surface area contributed by atoms with Crippen LogP contribution in [-0.4, -0.2) is 12.7 Å². The number of anilines is 1. The number of halogens is 1. The van der Waals surface area contributed by atoms with E-state index in [1.165, 1.54) is 6.07 Å². The molecule has 4 nitrogen and oxygen atoms in total. The molecule has 22 heavy (non-hydrogen) atoms. The number of carbonyl (C=O) groups is 1. The summed E-state index contributed by atoms with van der Waals surface area (Å²) in [5.74, 6) is -0.478. The van der Waals surface area contributed by atoms with Gasteiger partial charge in [0.25, 0.3) is 0 Å². The highest BCUT2D eigenvalue weighted by molar-refractivity contribution is 7.80. The lowest BCUT2D eigenvalue weighted by molar-refractivity contribution is 0.155. The molecule has 0 radical (unpaired) electrons. The number of nitrogens with one attached hydrogen (secondary N) is 1. The normalized spacial score (nSPS) is 10.1. The summed E-state index contributed by atoms with van der Waals surface area (Å²) in [5.41, 5.74) is 1.09. The second kappa shape index (κ2) is 7.70. The first-order valence-corrected chi connectivity index (χ1v) is 7.18. The van der Waals surface area contributed by atoms with Crippen LogP contribution < -0.4 is 10.1 Å². The van der Waals surface area contributed by atoms with Crippen molar-refractivity contribution in [2.75, 3.05) is 11.9 Å². The number of benzene rings is 2. The Balaban J connectivity index is 1.98. The van der Waals surface area contributed by atoms with Crippen molar-refractivity contribution in [1.82, 2.24) is 0 Å². The van der Waals surface area contributed by atoms with Crippen LogP contribution in [0.2, 0.25) is 0 Å². The topological polar surface area (TPSA) is 47.6 Å². The molecule has 0 fully saturated rings. The lowest BCUT2D eigenvalue weighted by Crippen LogP contribution is -2.14. The highest BCUT2D eigenvalue weighted by atomic mass is 32.1. The standard InChI is InChI=1S/C16H16FNO3S/c1-2-20-14-9-15(22)13(8-12(14)17)18-16(19)21-10-11-6-4-3-5-7-11/h3-9,22H,2,10H2,1H3,(H,18,19). The molecule has 0 aliphatic rings. The highest BCUT2D eigenvalue weighted by Crippen LogP contribution is 2.28. The van der Waals surface area contributed by atoms with E-state index in [4.69, 9.17) is 9.47 Å². The van der Waals surface area contributed by atoms with Crippen LogP contribution in [0.25, 0.3) is 0 Å². The Kier molecular flexibility index (Phi) is 5.66. The number of hydrogen-bond donors (Lipinski definition) is 2. The quantitative estimate of drug-likeness (QED) is 0.809. The Hall–Kier alpha value is -2.21. The van der Waals surface area contributed by atoms with Gasteiger partial charge in [0, 0.05) is 11.0 Å². The van der Waals surface area contributed by atoms with Gasteiger partial charge in [0.2, 0.25) is 0 Å². The van der Waals surface area contributed by atoms with Gasteiger partial charge in [-0.05, 0) is 18.6 Å². The SMILES string of the molecule is CCOc1cc(S)c(NC(=O)OCc2ccccc2)cc1F. The average molecular weight is 321 g/mol. The van der Waals surface area contributed by atoms with Gasteiger partial charge in [-0.25, -0.2) is 9.18 Å².